The van der Waals surface area contributed by atoms with E-state index < -0.39 is 0 Å². The van der Waals surface area contributed by atoms with E-state index >= 15 is 0 Å². The van der Waals surface area contributed by atoms with E-state index in [1.165, 1.54) is 11.3 Å². The maximum Gasteiger partial charge on any atom is 0.264 e. The van der Waals surface area contributed by atoms with Gasteiger partial charge in [0.05, 0.1) is 10.6 Å². The number of nitrogens with one attached hydrogen (secondary N) is 1. The van der Waals surface area contributed by atoms with Crippen LogP contribution in [0, 0.1) is 13.8 Å². The average molecular weight is 391 g/mol. The van der Waals surface area contributed by atoms with Crippen molar-refractivity contribution < 1.29 is 14.1 Å². The molecule has 0 aromatic carbocycles. The summed E-state index contributed by atoms with van der Waals surface area (Å²) in [5.41, 5.74) is 1.88. The van der Waals surface area contributed by atoms with Crippen LogP contribution in [0.25, 0.3) is 0 Å². The van der Waals surface area contributed by atoms with Gasteiger partial charge in [-0.3, -0.25) is 14.5 Å². The molecule has 3 heterocycles. The van der Waals surface area contributed by atoms with Gasteiger partial charge in [0, 0.05) is 51.3 Å². The topological polar surface area (TPSA) is 78.7 Å². The number of thiophene rings is 1. The lowest BCUT2D eigenvalue weighted by Crippen LogP contribution is -2.50. The molecule has 7 nitrogen and oxygen atoms in total. The first-order valence-corrected chi connectivity index (χ1v) is 10.2. The summed E-state index contributed by atoms with van der Waals surface area (Å²) in [6.45, 7) is 8.34. The standard InChI is InChI=1S/C19H26N4O3S/c1-14-16(15(2)26-21-14)5-6-18(24)20-7-8-22-9-11-23(12-10-22)19(25)17-4-3-13-27-17/h3-4,13H,5-12H2,1-2H3,(H,20,24). The lowest BCUT2D eigenvalue weighted by Gasteiger charge is -2.34. The molecular weight excluding hydrogens is 364 g/mol. The van der Waals surface area contributed by atoms with Crippen molar-refractivity contribution in [3.8, 4) is 0 Å². The zero-order valence-electron chi connectivity index (χ0n) is 15.9. The van der Waals surface area contributed by atoms with Crippen molar-refractivity contribution in [2.45, 2.75) is 26.7 Å². The van der Waals surface area contributed by atoms with Crippen LogP contribution in [-0.2, 0) is 11.2 Å². The van der Waals surface area contributed by atoms with Crippen LogP contribution in [0.4, 0.5) is 0 Å². The lowest BCUT2D eigenvalue weighted by atomic mass is 10.1. The number of rotatable bonds is 7. The predicted molar refractivity (Wildman–Crippen MR) is 104 cm³/mol. The Balaban J connectivity index is 1.32. The van der Waals surface area contributed by atoms with Gasteiger partial charge < -0.3 is 14.7 Å². The highest BCUT2D eigenvalue weighted by Gasteiger charge is 2.22. The molecule has 1 aliphatic rings. The van der Waals surface area contributed by atoms with Crippen molar-refractivity contribution in [3.05, 3.63) is 39.4 Å². The summed E-state index contributed by atoms with van der Waals surface area (Å²) in [4.78, 5) is 29.4. The Labute approximate surface area is 163 Å². The molecule has 3 rings (SSSR count). The van der Waals surface area contributed by atoms with Crippen molar-refractivity contribution in [2.75, 3.05) is 39.3 Å². The number of hydrogen-bond donors (Lipinski definition) is 1. The third-order valence-electron chi connectivity index (χ3n) is 4.92. The normalized spacial score (nSPS) is 15.1. The van der Waals surface area contributed by atoms with Crippen LogP contribution in [0.5, 0.6) is 0 Å². The van der Waals surface area contributed by atoms with Crippen LogP contribution in [0.3, 0.4) is 0 Å². The quantitative estimate of drug-likeness (QED) is 0.781. The van der Waals surface area contributed by atoms with E-state index in [0.717, 1.165) is 54.6 Å². The third kappa shape index (κ3) is 5.17. The number of aryl methyl sites for hydroxylation is 2. The molecule has 0 bridgehead atoms. The highest BCUT2D eigenvalue weighted by molar-refractivity contribution is 7.12. The minimum atomic E-state index is 0.0431. The lowest BCUT2D eigenvalue weighted by molar-refractivity contribution is -0.121. The molecule has 0 saturated carbocycles. The van der Waals surface area contributed by atoms with Gasteiger partial charge in [0.25, 0.3) is 5.91 Å². The summed E-state index contributed by atoms with van der Waals surface area (Å²) >= 11 is 1.49. The molecule has 1 aliphatic heterocycles. The summed E-state index contributed by atoms with van der Waals surface area (Å²) in [6, 6.07) is 3.78. The largest absolute Gasteiger partial charge is 0.361 e. The van der Waals surface area contributed by atoms with Gasteiger partial charge in [-0.25, -0.2) is 0 Å². The van der Waals surface area contributed by atoms with E-state index in [9.17, 15) is 9.59 Å². The number of carbonyl (C=O) groups excluding carboxylic acids is 2. The van der Waals surface area contributed by atoms with E-state index in [0.29, 0.717) is 19.4 Å². The van der Waals surface area contributed by atoms with Gasteiger partial charge in [0.15, 0.2) is 0 Å². The van der Waals surface area contributed by atoms with Gasteiger partial charge in [-0.05, 0) is 31.7 Å². The minimum Gasteiger partial charge on any atom is -0.361 e. The van der Waals surface area contributed by atoms with Crippen LogP contribution in [0.15, 0.2) is 22.0 Å². The molecule has 0 unspecified atom stereocenters. The highest BCUT2D eigenvalue weighted by atomic mass is 32.1. The SMILES string of the molecule is Cc1noc(C)c1CCC(=O)NCCN1CCN(C(=O)c2cccs2)CC1. The van der Waals surface area contributed by atoms with E-state index in [1.54, 1.807) is 0 Å². The summed E-state index contributed by atoms with van der Waals surface area (Å²) in [5.74, 6) is 0.953. The van der Waals surface area contributed by atoms with Gasteiger partial charge in [-0.2, -0.15) is 0 Å². The molecule has 0 spiro atoms. The molecule has 1 fully saturated rings. The minimum absolute atomic E-state index is 0.0431. The number of piperazine rings is 1. The molecule has 0 aliphatic carbocycles. The molecule has 2 amide bonds. The second-order valence-corrected chi connectivity index (χ2v) is 7.71. The first kappa shape index (κ1) is 19.6. The fourth-order valence-electron chi connectivity index (χ4n) is 3.27. The van der Waals surface area contributed by atoms with Crippen LogP contribution in [0.1, 0.15) is 33.1 Å². The van der Waals surface area contributed by atoms with Crippen LogP contribution in [-0.4, -0.2) is 66.0 Å². The molecule has 1 N–H and O–H groups in total. The third-order valence-corrected chi connectivity index (χ3v) is 5.78. The van der Waals surface area contributed by atoms with Crippen molar-refractivity contribution in [2.24, 2.45) is 0 Å². The Morgan fingerprint density at radius 3 is 2.67 bits per heavy atom. The molecule has 1 saturated heterocycles. The van der Waals surface area contributed by atoms with Gasteiger partial charge in [-0.15, -0.1) is 11.3 Å². The van der Waals surface area contributed by atoms with E-state index in [1.807, 2.05) is 36.3 Å². The summed E-state index contributed by atoms with van der Waals surface area (Å²) in [5, 5.41) is 8.82. The van der Waals surface area contributed by atoms with E-state index in [-0.39, 0.29) is 11.8 Å². The Kier molecular flexibility index (Phi) is 6.63. The second-order valence-electron chi connectivity index (χ2n) is 6.76. The monoisotopic (exact) mass is 390 g/mol. The zero-order chi connectivity index (χ0) is 19.2. The predicted octanol–water partition coefficient (Wildman–Crippen LogP) is 1.86. The van der Waals surface area contributed by atoms with E-state index in [4.69, 9.17) is 4.52 Å². The first-order chi connectivity index (χ1) is 13.0. The van der Waals surface area contributed by atoms with Crippen LogP contribution >= 0.6 is 11.3 Å². The van der Waals surface area contributed by atoms with Crippen LogP contribution in [0.2, 0.25) is 0 Å². The fraction of sp³-hybridized carbons (Fsp3) is 0.526. The van der Waals surface area contributed by atoms with Gasteiger partial charge in [0.1, 0.15) is 5.76 Å². The van der Waals surface area contributed by atoms with Crippen molar-refractivity contribution >= 4 is 23.2 Å². The Morgan fingerprint density at radius 2 is 2.04 bits per heavy atom. The number of amides is 2. The number of nitrogens with zero attached hydrogens (tertiary/aromatic N) is 3. The second kappa shape index (κ2) is 9.14. The molecule has 2 aromatic rings. The average Bonchev–Trinajstić information content (AvgIpc) is 3.31. The van der Waals surface area contributed by atoms with Gasteiger partial charge >= 0.3 is 0 Å². The fourth-order valence-corrected chi connectivity index (χ4v) is 3.96. The molecule has 2 aromatic heterocycles. The Bertz CT molecular complexity index is 745. The molecule has 0 atom stereocenters. The first-order valence-electron chi connectivity index (χ1n) is 9.28. The smallest absolute Gasteiger partial charge is 0.264 e. The van der Waals surface area contributed by atoms with Gasteiger partial charge in [0.2, 0.25) is 5.91 Å². The summed E-state index contributed by atoms with van der Waals surface area (Å²) in [6.07, 6.45) is 1.09. The van der Waals surface area contributed by atoms with Gasteiger partial charge in [-0.1, -0.05) is 11.2 Å². The Hall–Kier alpha value is -2.19. The maximum absolute atomic E-state index is 12.3. The summed E-state index contributed by atoms with van der Waals surface area (Å²) < 4.78 is 5.12. The number of hydrogen-bond acceptors (Lipinski definition) is 6. The van der Waals surface area contributed by atoms with Crippen molar-refractivity contribution in [1.82, 2.24) is 20.3 Å². The van der Waals surface area contributed by atoms with E-state index in [2.05, 4.69) is 15.4 Å². The molecule has 146 valence electrons. The number of carbonyl (C=O) groups is 2. The van der Waals surface area contributed by atoms with Crippen molar-refractivity contribution in [1.29, 1.82) is 0 Å². The molecule has 8 heteroatoms. The molecule has 27 heavy (non-hydrogen) atoms. The maximum atomic E-state index is 12.3. The molecular formula is C19H26N4O3S. The van der Waals surface area contributed by atoms with Crippen molar-refractivity contribution in [3.63, 3.8) is 0 Å². The molecule has 0 radical (unpaired) electrons. The number of aromatic nitrogens is 1. The summed E-state index contributed by atoms with van der Waals surface area (Å²) in [7, 11) is 0. The highest BCUT2D eigenvalue weighted by Crippen LogP contribution is 2.15. The van der Waals surface area contributed by atoms with Crippen LogP contribution < -0.4 is 5.32 Å². The Morgan fingerprint density at radius 1 is 1.26 bits per heavy atom. The zero-order valence-corrected chi connectivity index (χ0v) is 16.7.